The fourth-order valence-electron chi connectivity index (χ4n) is 2.78. The van der Waals surface area contributed by atoms with E-state index in [2.05, 4.69) is 40.9 Å². The van der Waals surface area contributed by atoms with E-state index in [1.54, 1.807) is 0 Å². The number of likely N-dealkylation sites (tertiary alicyclic amines) is 1. The molecule has 2 N–H and O–H groups in total. The summed E-state index contributed by atoms with van der Waals surface area (Å²) in [5.74, 6) is 0. The summed E-state index contributed by atoms with van der Waals surface area (Å²) in [6, 6.07) is 9.27. The predicted molar refractivity (Wildman–Crippen MR) is 73.4 cm³/mol. The summed E-state index contributed by atoms with van der Waals surface area (Å²) in [4.78, 5) is 4.08. The van der Waals surface area contributed by atoms with Gasteiger partial charge in [0.2, 0.25) is 0 Å². The molecule has 1 fully saturated rings. The molecule has 1 aromatic carbocycles. The Bertz CT molecular complexity index is 361. The van der Waals surface area contributed by atoms with Gasteiger partial charge in [0.1, 0.15) is 0 Å². The number of hydrogen-bond acceptors (Lipinski definition) is 3. The van der Waals surface area contributed by atoms with Gasteiger partial charge in [0, 0.05) is 22.7 Å². The molecular formula is C14H20N2S. The first-order valence-electron chi connectivity index (χ1n) is 6.54. The molecule has 1 atom stereocenters. The first-order chi connectivity index (χ1) is 8.31. The Labute approximate surface area is 108 Å². The molecule has 1 aromatic rings. The third-order valence-electron chi connectivity index (χ3n) is 3.81. The number of thioether (sulfide) groups is 1. The van der Waals surface area contributed by atoms with Crippen LogP contribution in [0.4, 0.5) is 0 Å². The molecule has 3 heteroatoms. The molecule has 2 nitrogen and oxygen atoms in total. The van der Waals surface area contributed by atoms with Gasteiger partial charge in [0.05, 0.1) is 0 Å². The van der Waals surface area contributed by atoms with E-state index in [-0.39, 0.29) is 0 Å². The van der Waals surface area contributed by atoms with Gasteiger partial charge in [-0.3, -0.25) is 0 Å². The highest BCUT2D eigenvalue weighted by Crippen LogP contribution is 2.37. The van der Waals surface area contributed by atoms with Crippen molar-refractivity contribution in [2.45, 2.75) is 35.4 Å². The van der Waals surface area contributed by atoms with Crippen LogP contribution in [-0.2, 0) is 6.42 Å². The zero-order chi connectivity index (χ0) is 11.7. The van der Waals surface area contributed by atoms with E-state index in [4.69, 9.17) is 5.73 Å². The third-order valence-corrected chi connectivity index (χ3v) is 5.11. The van der Waals surface area contributed by atoms with Crippen molar-refractivity contribution in [2.75, 3.05) is 19.6 Å². The van der Waals surface area contributed by atoms with Gasteiger partial charge in [-0.2, -0.15) is 0 Å². The van der Waals surface area contributed by atoms with E-state index in [0.717, 1.165) is 5.25 Å². The summed E-state index contributed by atoms with van der Waals surface area (Å²) in [5.41, 5.74) is 7.48. The van der Waals surface area contributed by atoms with E-state index < -0.39 is 0 Å². The summed E-state index contributed by atoms with van der Waals surface area (Å²) < 4.78 is 0. The molecule has 0 amide bonds. The van der Waals surface area contributed by atoms with Crippen LogP contribution in [0.25, 0.3) is 0 Å². The van der Waals surface area contributed by atoms with Crippen molar-refractivity contribution in [2.24, 2.45) is 5.73 Å². The lowest BCUT2D eigenvalue weighted by molar-refractivity contribution is 0.214. The molecule has 2 heterocycles. The number of rotatable bonds is 2. The van der Waals surface area contributed by atoms with Crippen LogP contribution in [0.2, 0.25) is 0 Å². The summed E-state index contributed by atoms with van der Waals surface area (Å²) in [5, 5.41) is 0.752. The lowest BCUT2D eigenvalue weighted by Gasteiger charge is -2.31. The fraction of sp³-hybridized carbons (Fsp3) is 0.571. The Balaban J connectivity index is 1.55. The molecule has 1 saturated heterocycles. The Morgan fingerprint density at radius 1 is 1.24 bits per heavy atom. The van der Waals surface area contributed by atoms with Crippen LogP contribution in [0.15, 0.2) is 29.2 Å². The van der Waals surface area contributed by atoms with Crippen molar-refractivity contribution >= 4 is 11.8 Å². The van der Waals surface area contributed by atoms with E-state index in [9.17, 15) is 0 Å². The van der Waals surface area contributed by atoms with Crippen LogP contribution in [0.5, 0.6) is 0 Å². The SMILES string of the molecule is NC1CCN(CC2Cc3ccccc3S2)CC1. The summed E-state index contributed by atoms with van der Waals surface area (Å²) in [6.45, 7) is 3.61. The topological polar surface area (TPSA) is 29.3 Å². The van der Waals surface area contributed by atoms with Gasteiger partial charge in [-0.15, -0.1) is 11.8 Å². The van der Waals surface area contributed by atoms with E-state index in [1.807, 2.05) is 0 Å². The summed E-state index contributed by atoms with van der Waals surface area (Å²) in [7, 11) is 0. The van der Waals surface area contributed by atoms with Crippen molar-refractivity contribution < 1.29 is 0 Å². The Morgan fingerprint density at radius 3 is 2.76 bits per heavy atom. The molecule has 2 aliphatic heterocycles. The summed E-state index contributed by atoms with van der Waals surface area (Å²) in [6.07, 6.45) is 3.58. The van der Waals surface area contributed by atoms with Crippen LogP contribution in [0.3, 0.4) is 0 Å². The average Bonchev–Trinajstić information content (AvgIpc) is 2.74. The molecule has 0 spiro atoms. The molecular weight excluding hydrogens is 228 g/mol. The number of nitrogens with two attached hydrogens (primary N) is 1. The highest BCUT2D eigenvalue weighted by atomic mass is 32.2. The second-order valence-electron chi connectivity index (χ2n) is 5.19. The van der Waals surface area contributed by atoms with Gasteiger partial charge in [0.25, 0.3) is 0 Å². The second kappa shape index (κ2) is 5.01. The van der Waals surface area contributed by atoms with Gasteiger partial charge in [-0.25, -0.2) is 0 Å². The first kappa shape index (κ1) is 11.6. The minimum atomic E-state index is 0.444. The number of piperidine rings is 1. The van der Waals surface area contributed by atoms with Crippen molar-refractivity contribution in [3.05, 3.63) is 29.8 Å². The molecule has 92 valence electrons. The molecule has 0 aromatic heterocycles. The number of benzene rings is 1. The van der Waals surface area contributed by atoms with Crippen molar-refractivity contribution in [3.63, 3.8) is 0 Å². The van der Waals surface area contributed by atoms with E-state index >= 15 is 0 Å². The maximum Gasteiger partial charge on any atom is 0.0263 e. The van der Waals surface area contributed by atoms with Gasteiger partial charge in [0.15, 0.2) is 0 Å². The number of hydrogen-bond donors (Lipinski definition) is 1. The van der Waals surface area contributed by atoms with Gasteiger partial charge in [-0.05, 0) is 44.0 Å². The van der Waals surface area contributed by atoms with Crippen LogP contribution in [0.1, 0.15) is 18.4 Å². The normalized spacial score (nSPS) is 26.1. The van der Waals surface area contributed by atoms with Gasteiger partial charge < -0.3 is 10.6 Å². The summed E-state index contributed by atoms with van der Waals surface area (Å²) >= 11 is 2.06. The fourth-order valence-corrected chi connectivity index (χ4v) is 4.15. The minimum absolute atomic E-state index is 0.444. The molecule has 1 unspecified atom stereocenters. The largest absolute Gasteiger partial charge is 0.328 e. The van der Waals surface area contributed by atoms with E-state index in [0.29, 0.717) is 6.04 Å². The number of nitrogens with zero attached hydrogens (tertiary/aromatic N) is 1. The second-order valence-corrected chi connectivity index (χ2v) is 6.53. The van der Waals surface area contributed by atoms with Gasteiger partial charge >= 0.3 is 0 Å². The highest BCUT2D eigenvalue weighted by molar-refractivity contribution is 8.00. The van der Waals surface area contributed by atoms with Crippen LogP contribution in [-0.4, -0.2) is 35.8 Å². The van der Waals surface area contributed by atoms with Crippen molar-refractivity contribution in [3.8, 4) is 0 Å². The Morgan fingerprint density at radius 2 is 2.00 bits per heavy atom. The predicted octanol–water partition coefficient (Wildman–Crippen LogP) is 2.13. The molecule has 0 aliphatic carbocycles. The standard InChI is InChI=1S/C14H20N2S/c15-12-5-7-16(8-6-12)10-13-9-11-3-1-2-4-14(11)17-13/h1-4,12-13H,5-10,15H2. The first-order valence-corrected chi connectivity index (χ1v) is 7.42. The maximum atomic E-state index is 5.94. The van der Waals surface area contributed by atoms with Gasteiger partial charge in [-0.1, -0.05) is 18.2 Å². The van der Waals surface area contributed by atoms with E-state index in [1.165, 1.54) is 49.4 Å². The molecule has 0 saturated carbocycles. The van der Waals surface area contributed by atoms with Crippen LogP contribution < -0.4 is 5.73 Å². The molecule has 0 radical (unpaired) electrons. The zero-order valence-electron chi connectivity index (χ0n) is 10.1. The number of fused-ring (bicyclic) bond motifs is 1. The molecule has 3 rings (SSSR count). The maximum absolute atomic E-state index is 5.94. The third kappa shape index (κ3) is 2.67. The van der Waals surface area contributed by atoms with Crippen LogP contribution >= 0.6 is 11.8 Å². The quantitative estimate of drug-likeness (QED) is 0.869. The lowest BCUT2D eigenvalue weighted by Crippen LogP contribution is -2.42. The lowest BCUT2D eigenvalue weighted by atomic mass is 10.1. The highest BCUT2D eigenvalue weighted by Gasteiger charge is 2.25. The van der Waals surface area contributed by atoms with Crippen LogP contribution in [0, 0.1) is 0 Å². The molecule has 17 heavy (non-hydrogen) atoms. The van der Waals surface area contributed by atoms with Crippen molar-refractivity contribution in [1.29, 1.82) is 0 Å². The molecule has 0 bridgehead atoms. The minimum Gasteiger partial charge on any atom is -0.328 e. The Hall–Kier alpha value is -0.510. The monoisotopic (exact) mass is 248 g/mol. The average molecular weight is 248 g/mol. The Kier molecular flexibility index (Phi) is 3.41. The van der Waals surface area contributed by atoms with Crippen molar-refractivity contribution in [1.82, 2.24) is 4.90 Å². The smallest absolute Gasteiger partial charge is 0.0263 e. The molecule has 2 aliphatic rings. The zero-order valence-corrected chi connectivity index (χ0v) is 11.0.